The Morgan fingerprint density at radius 3 is 3.28 bits per heavy atom. The molecule has 1 saturated heterocycles. The van der Waals surface area contributed by atoms with Gasteiger partial charge in [-0.25, -0.2) is 9.37 Å². The highest BCUT2D eigenvalue weighted by atomic mass is 19.1. The lowest BCUT2D eigenvalue weighted by Crippen LogP contribution is -2.49. The molecule has 1 aliphatic rings. The van der Waals surface area contributed by atoms with Gasteiger partial charge in [0.25, 0.3) is 0 Å². The van der Waals surface area contributed by atoms with Crippen molar-refractivity contribution < 1.29 is 8.81 Å². The quantitative estimate of drug-likeness (QED) is 0.880. The summed E-state index contributed by atoms with van der Waals surface area (Å²) in [7, 11) is 0. The van der Waals surface area contributed by atoms with Gasteiger partial charge in [0.15, 0.2) is 5.58 Å². The van der Waals surface area contributed by atoms with Crippen molar-refractivity contribution in [3.8, 4) is 0 Å². The SMILES string of the molecule is C[C@@H]1CNCCN1Cc1nc2ccc(F)cc2o1. The summed E-state index contributed by atoms with van der Waals surface area (Å²) in [4.78, 5) is 6.70. The Morgan fingerprint density at radius 1 is 1.56 bits per heavy atom. The first-order valence-electron chi connectivity index (χ1n) is 6.22. The summed E-state index contributed by atoms with van der Waals surface area (Å²) < 4.78 is 18.6. The fourth-order valence-electron chi connectivity index (χ4n) is 2.31. The van der Waals surface area contributed by atoms with Crippen LogP contribution < -0.4 is 5.32 Å². The van der Waals surface area contributed by atoms with Crippen LogP contribution in [0.3, 0.4) is 0 Å². The van der Waals surface area contributed by atoms with Crippen molar-refractivity contribution in [3.05, 3.63) is 29.9 Å². The molecule has 0 amide bonds. The smallest absolute Gasteiger partial charge is 0.209 e. The minimum atomic E-state index is -0.291. The molecule has 1 aromatic heterocycles. The molecule has 1 N–H and O–H groups in total. The molecular weight excluding hydrogens is 233 g/mol. The number of hydrogen-bond acceptors (Lipinski definition) is 4. The van der Waals surface area contributed by atoms with Crippen LogP contribution in [0.4, 0.5) is 4.39 Å². The van der Waals surface area contributed by atoms with Crippen LogP contribution >= 0.6 is 0 Å². The van der Waals surface area contributed by atoms with E-state index in [0.29, 0.717) is 29.6 Å². The number of fused-ring (bicyclic) bond motifs is 1. The van der Waals surface area contributed by atoms with Gasteiger partial charge in [0.05, 0.1) is 6.54 Å². The first-order valence-corrected chi connectivity index (χ1v) is 6.22. The minimum Gasteiger partial charge on any atom is -0.439 e. The number of nitrogens with zero attached hydrogens (tertiary/aromatic N) is 2. The molecule has 18 heavy (non-hydrogen) atoms. The third-order valence-electron chi connectivity index (χ3n) is 3.37. The Morgan fingerprint density at radius 2 is 2.44 bits per heavy atom. The highest BCUT2D eigenvalue weighted by molar-refractivity contribution is 5.72. The number of nitrogens with one attached hydrogen (secondary N) is 1. The number of piperazine rings is 1. The fourth-order valence-corrected chi connectivity index (χ4v) is 2.31. The van der Waals surface area contributed by atoms with Crippen LogP contribution in [0.1, 0.15) is 12.8 Å². The van der Waals surface area contributed by atoms with E-state index in [9.17, 15) is 4.39 Å². The lowest BCUT2D eigenvalue weighted by atomic mass is 10.2. The second-order valence-electron chi connectivity index (χ2n) is 4.74. The Bertz CT molecular complexity index is 554. The van der Waals surface area contributed by atoms with E-state index in [2.05, 4.69) is 22.1 Å². The molecule has 3 rings (SSSR count). The summed E-state index contributed by atoms with van der Waals surface area (Å²) in [5, 5.41) is 3.34. The van der Waals surface area contributed by atoms with Gasteiger partial charge in [-0.15, -0.1) is 0 Å². The van der Waals surface area contributed by atoms with Crippen LogP contribution in [-0.2, 0) is 6.54 Å². The first-order chi connectivity index (χ1) is 8.72. The highest BCUT2D eigenvalue weighted by Gasteiger charge is 2.20. The van der Waals surface area contributed by atoms with Gasteiger partial charge in [-0.2, -0.15) is 0 Å². The maximum absolute atomic E-state index is 13.1. The second-order valence-corrected chi connectivity index (χ2v) is 4.74. The molecule has 0 spiro atoms. The van der Waals surface area contributed by atoms with Gasteiger partial charge < -0.3 is 9.73 Å². The third-order valence-corrected chi connectivity index (χ3v) is 3.37. The van der Waals surface area contributed by atoms with Crippen molar-refractivity contribution >= 4 is 11.1 Å². The Hall–Kier alpha value is -1.46. The normalized spacial score (nSPS) is 21.6. The topological polar surface area (TPSA) is 41.3 Å². The highest BCUT2D eigenvalue weighted by Crippen LogP contribution is 2.18. The summed E-state index contributed by atoms with van der Waals surface area (Å²) >= 11 is 0. The zero-order chi connectivity index (χ0) is 12.5. The van der Waals surface area contributed by atoms with Crippen molar-refractivity contribution in [1.29, 1.82) is 0 Å². The van der Waals surface area contributed by atoms with Crippen molar-refractivity contribution in [2.45, 2.75) is 19.5 Å². The van der Waals surface area contributed by atoms with Crippen LogP contribution in [0.5, 0.6) is 0 Å². The van der Waals surface area contributed by atoms with Crippen molar-refractivity contribution in [2.24, 2.45) is 0 Å². The van der Waals surface area contributed by atoms with Crippen molar-refractivity contribution in [3.63, 3.8) is 0 Å². The molecule has 2 aromatic rings. The van der Waals surface area contributed by atoms with Crippen LogP contribution in [-0.4, -0.2) is 35.6 Å². The second kappa shape index (κ2) is 4.66. The van der Waals surface area contributed by atoms with E-state index in [-0.39, 0.29) is 5.82 Å². The van der Waals surface area contributed by atoms with E-state index in [1.807, 2.05) is 0 Å². The van der Waals surface area contributed by atoms with Gasteiger partial charge >= 0.3 is 0 Å². The van der Waals surface area contributed by atoms with Crippen LogP contribution in [0.2, 0.25) is 0 Å². The molecule has 0 unspecified atom stereocenters. The fraction of sp³-hybridized carbons (Fsp3) is 0.462. The average molecular weight is 249 g/mol. The Labute approximate surface area is 105 Å². The maximum Gasteiger partial charge on any atom is 0.209 e. The molecule has 4 nitrogen and oxygen atoms in total. The number of oxazole rings is 1. The Balaban J connectivity index is 1.81. The van der Waals surface area contributed by atoms with E-state index in [0.717, 1.165) is 19.6 Å². The summed E-state index contributed by atoms with van der Waals surface area (Å²) in [6, 6.07) is 4.90. The predicted octanol–water partition coefficient (Wildman–Crippen LogP) is 1.76. The number of rotatable bonds is 2. The third kappa shape index (κ3) is 2.23. The molecule has 0 bridgehead atoms. The van der Waals surface area contributed by atoms with Gasteiger partial charge in [0.1, 0.15) is 11.3 Å². The zero-order valence-corrected chi connectivity index (χ0v) is 10.3. The van der Waals surface area contributed by atoms with E-state index in [4.69, 9.17) is 4.42 Å². The van der Waals surface area contributed by atoms with E-state index in [1.54, 1.807) is 6.07 Å². The van der Waals surface area contributed by atoms with Gasteiger partial charge in [0.2, 0.25) is 5.89 Å². The van der Waals surface area contributed by atoms with Crippen LogP contribution in [0, 0.1) is 5.82 Å². The molecule has 1 atom stereocenters. The molecule has 0 aliphatic carbocycles. The summed E-state index contributed by atoms with van der Waals surface area (Å²) in [6.07, 6.45) is 0. The molecule has 1 fully saturated rings. The predicted molar refractivity (Wildman–Crippen MR) is 66.7 cm³/mol. The number of halogens is 1. The zero-order valence-electron chi connectivity index (χ0n) is 10.3. The van der Waals surface area contributed by atoms with E-state index < -0.39 is 0 Å². The van der Waals surface area contributed by atoms with Crippen LogP contribution in [0.15, 0.2) is 22.6 Å². The Kier molecular flexibility index (Phi) is 3.01. The van der Waals surface area contributed by atoms with Crippen LogP contribution in [0.25, 0.3) is 11.1 Å². The van der Waals surface area contributed by atoms with E-state index >= 15 is 0 Å². The average Bonchev–Trinajstić information content (AvgIpc) is 2.73. The van der Waals surface area contributed by atoms with Crippen molar-refractivity contribution in [2.75, 3.05) is 19.6 Å². The van der Waals surface area contributed by atoms with Gasteiger partial charge in [0, 0.05) is 31.7 Å². The molecule has 2 heterocycles. The summed E-state index contributed by atoms with van der Waals surface area (Å²) in [6.45, 7) is 5.80. The molecule has 1 aromatic carbocycles. The van der Waals surface area contributed by atoms with Gasteiger partial charge in [-0.05, 0) is 19.1 Å². The molecule has 96 valence electrons. The number of aromatic nitrogens is 1. The molecule has 5 heteroatoms. The van der Waals surface area contributed by atoms with Crippen molar-refractivity contribution in [1.82, 2.24) is 15.2 Å². The lowest BCUT2D eigenvalue weighted by Gasteiger charge is -2.32. The molecule has 0 radical (unpaired) electrons. The first kappa shape index (κ1) is 11.6. The molecule has 0 saturated carbocycles. The summed E-state index contributed by atoms with van der Waals surface area (Å²) in [5.74, 6) is 0.366. The largest absolute Gasteiger partial charge is 0.439 e. The lowest BCUT2D eigenvalue weighted by molar-refractivity contribution is 0.152. The van der Waals surface area contributed by atoms with E-state index in [1.165, 1.54) is 12.1 Å². The minimum absolute atomic E-state index is 0.291. The van der Waals surface area contributed by atoms with Gasteiger partial charge in [-0.1, -0.05) is 0 Å². The molecule has 1 aliphatic heterocycles. The molecular formula is C13H16FN3O. The number of hydrogen-bond donors (Lipinski definition) is 1. The standard InChI is InChI=1S/C13H16FN3O/c1-9-7-15-4-5-17(9)8-13-16-11-3-2-10(14)6-12(11)18-13/h2-3,6,9,15H,4-5,7-8H2,1H3/t9-/m1/s1. The summed E-state index contributed by atoms with van der Waals surface area (Å²) in [5.41, 5.74) is 1.24. The van der Waals surface area contributed by atoms with Gasteiger partial charge in [-0.3, -0.25) is 4.90 Å². The number of benzene rings is 1. The maximum atomic E-state index is 13.1. The monoisotopic (exact) mass is 249 g/mol.